The average molecular weight is 321 g/mol. The van der Waals surface area contributed by atoms with Crippen LogP contribution in [0.1, 0.15) is 31.0 Å². The molecular formula is C16H21BrN2. The number of nitrogens with zero attached hydrogens (tertiary/aromatic N) is 1. The highest BCUT2D eigenvalue weighted by molar-refractivity contribution is 9.10. The Labute approximate surface area is 124 Å². The van der Waals surface area contributed by atoms with Crippen molar-refractivity contribution < 1.29 is 0 Å². The minimum absolute atomic E-state index is 0.422. The SMILES string of the molecule is CNC(c1ccn(Cc2ccc(Br)cc2)c1)C(C)C. The topological polar surface area (TPSA) is 17.0 Å². The number of nitrogens with one attached hydrogen (secondary N) is 1. The van der Waals surface area contributed by atoms with Crippen LogP contribution in [0.5, 0.6) is 0 Å². The van der Waals surface area contributed by atoms with Crippen LogP contribution in [0.3, 0.4) is 0 Å². The van der Waals surface area contributed by atoms with Gasteiger partial charge >= 0.3 is 0 Å². The summed E-state index contributed by atoms with van der Waals surface area (Å²) in [7, 11) is 2.02. The van der Waals surface area contributed by atoms with Gasteiger partial charge in [-0.15, -0.1) is 0 Å². The van der Waals surface area contributed by atoms with E-state index in [9.17, 15) is 0 Å². The molecule has 0 aliphatic carbocycles. The number of hydrogen-bond acceptors (Lipinski definition) is 1. The largest absolute Gasteiger partial charge is 0.350 e. The Morgan fingerprint density at radius 2 is 1.84 bits per heavy atom. The quantitative estimate of drug-likeness (QED) is 0.873. The summed E-state index contributed by atoms with van der Waals surface area (Å²) in [5.74, 6) is 0.591. The summed E-state index contributed by atoms with van der Waals surface area (Å²) < 4.78 is 3.37. The van der Waals surface area contributed by atoms with Crippen molar-refractivity contribution in [3.05, 3.63) is 58.3 Å². The number of rotatable bonds is 5. The van der Waals surface area contributed by atoms with Crippen LogP contribution in [0.25, 0.3) is 0 Å². The summed E-state index contributed by atoms with van der Waals surface area (Å²) >= 11 is 3.46. The molecule has 0 spiro atoms. The molecule has 0 aliphatic heterocycles. The third-order valence-corrected chi connectivity index (χ3v) is 3.92. The van der Waals surface area contributed by atoms with E-state index in [1.165, 1.54) is 11.1 Å². The van der Waals surface area contributed by atoms with Crippen LogP contribution in [0.2, 0.25) is 0 Å². The number of aromatic nitrogens is 1. The van der Waals surface area contributed by atoms with Gasteiger partial charge in [0.2, 0.25) is 0 Å². The van der Waals surface area contributed by atoms with E-state index in [0.29, 0.717) is 12.0 Å². The van der Waals surface area contributed by atoms with Crippen LogP contribution >= 0.6 is 15.9 Å². The second kappa shape index (κ2) is 6.40. The van der Waals surface area contributed by atoms with Gasteiger partial charge in [0, 0.05) is 29.5 Å². The standard InChI is InChI=1S/C16H21BrN2/c1-12(2)16(18-3)14-8-9-19(11-14)10-13-4-6-15(17)7-5-13/h4-9,11-12,16,18H,10H2,1-3H3. The van der Waals surface area contributed by atoms with Gasteiger partial charge in [0.15, 0.2) is 0 Å². The van der Waals surface area contributed by atoms with Gasteiger partial charge in [-0.1, -0.05) is 41.9 Å². The third-order valence-electron chi connectivity index (χ3n) is 3.39. The molecule has 2 rings (SSSR count). The second-order valence-electron chi connectivity index (χ2n) is 5.25. The summed E-state index contributed by atoms with van der Waals surface area (Å²) in [6.45, 7) is 5.41. The van der Waals surface area contributed by atoms with Crippen LogP contribution in [0, 0.1) is 5.92 Å². The van der Waals surface area contributed by atoms with Crippen molar-refractivity contribution >= 4 is 15.9 Å². The molecule has 1 N–H and O–H groups in total. The van der Waals surface area contributed by atoms with Gasteiger partial charge in [0.05, 0.1) is 0 Å². The second-order valence-corrected chi connectivity index (χ2v) is 6.17. The molecule has 1 aromatic heterocycles. The summed E-state index contributed by atoms with van der Waals surface area (Å²) in [5.41, 5.74) is 2.67. The summed E-state index contributed by atoms with van der Waals surface area (Å²) in [6, 6.07) is 11.1. The molecule has 0 radical (unpaired) electrons. The Balaban J connectivity index is 2.10. The van der Waals surface area contributed by atoms with E-state index in [1.807, 2.05) is 7.05 Å². The molecule has 0 saturated heterocycles. The average Bonchev–Trinajstić information content (AvgIpc) is 2.81. The van der Waals surface area contributed by atoms with E-state index in [4.69, 9.17) is 0 Å². The van der Waals surface area contributed by atoms with Gasteiger partial charge in [-0.05, 0) is 42.3 Å². The molecule has 0 fully saturated rings. The Morgan fingerprint density at radius 1 is 1.16 bits per heavy atom. The van der Waals surface area contributed by atoms with E-state index in [-0.39, 0.29) is 0 Å². The number of benzene rings is 1. The minimum Gasteiger partial charge on any atom is -0.350 e. The van der Waals surface area contributed by atoms with Gasteiger partial charge in [0.1, 0.15) is 0 Å². The fraction of sp³-hybridized carbons (Fsp3) is 0.375. The molecular weight excluding hydrogens is 300 g/mol. The van der Waals surface area contributed by atoms with Crippen molar-refractivity contribution in [2.45, 2.75) is 26.4 Å². The molecule has 0 aliphatic rings. The predicted octanol–water partition coefficient (Wildman–Crippen LogP) is 4.22. The molecule has 0 bridgehead atoms. The Bertz CT molecular complexity index is 514. The first-order valence-electron chi connectivity index (χ1n) is 6.67. The van der Waals surface area contributed by atoms with Gasteiger partial charge in [-0.25, -0.2) is 0 Å². The Kier molecular flexibility index (Phi) is 4.83. The first-order valence-corrected chi connectivity index (χ1v) is 7.47. The summed E-state index contributed by atoms with van der Waals surface area (Å²) in [6.07, 6.45) is 4.40. The van der Waals surface area contributed by atoms with Crippen molar-refractivity contribution in [1.29, 1.82) is 0 Å². The Hall–Kier alpha value is -1.06. The first-order chi connectivity index (χ1) is 9.10. The van der Waals surface area contributed by atoms with Crippen molar-refractivity contribution in [1.82, 2.24) is 9.88 Å². The lowest BCUT2D eigenvalue weighted by Gasteiger charge is -2.18. The summed E-state index contributed by atoms with van der Waals surface area (Å²) in [4.78, 5) is 0. The zero-order valence-corrected chi connectivity index (χ0v) is 13.3. The molecule has 1 aromatic carbocycles. The molecule has 0 saturated carbocycles. The van der Waals surface area contributed by atoms with Gasteiger partial charge < -0.3 is 9.88 Å². The highest BCUT2D eigenvalue weighted by atomic mass is 79.9. The van der Waals surface area contributed by atoms with Crippen LogP contribution in [0.4, 0.5) is 0 Å². The maximum absolute atomic E-state index is 3.46. The third kappa shape index (κ3) is 3.71. The van der Waals surface area contributed by atoms with Gasteiger partial charge in [-0.3, -0.25) is 0 Å². The van der Waals surface area contributed by atoms with E-state index >= 15 is 0 Å². The molecule has 2 aromatic rings. The fourth-order valence-electron chi connectivity index (χ4n) is 2.43. The van der Waals surface area contributed by atoms with Crippen LogP contribution < -0.4 is 5.32 Å². The predicted molar refractivity (Wildman–Crippen MR) is 84.3 cm³/mol. The first kappa shape index (κ1) is 14.4. The molecule has 3 heteroatoms. The monoisotopic (exact) mass is 320 g/mol. The smallest absolute Gasteiger partial charge is 0.0470 e. The van der Waals surface area contributed by atoms with Crippen LogP contribution in [-0.2, 0) is 6.54 Å². The lowest BCUT2D eigenvalue weighted by atomic mass is 9.99. The van der Waals surface area contributed by atoms with Gasteiger partial charge in [0.25, 0.3) is 0 Å². The van der Waals surface area contributed by atoms with Gasteiger partial charge in [-0.2, -0.15) is 0 Å². The number of hydrogen-bond donors (Lipinski definition) is 1. The van der Waals surface area contributed by atoms with Crippen LogP contribution in [0.15, 0.2) is 47.2 Å². The lowest BCUT2D eigenvalue weighted by molar-refractivity contribution is 0.443. The number of halogens is 1. The molecule has 1 unspecified atom stereocenters. The molecule has 2 nitrogen and oxygen atoms in total. The zero-order chi connectivity index (χ0) is 13.8. The zero-order valence-electron chi connectivity index (χ0n) is 11.7. The molecule has 19 heavy (non-hydrogen) atoms. The highest BCUT2D eigenvalue weighted by Crippen LogP contribution is 2.22. The summed E-state index contributed by atoms with van der Waals surface area (Å²) in [5, 5.41) is 3.38. The Morgan fingerprint density at radius 3 is 2.42 bits per heavy atom. The van der Waals surface area contributed by atoms with E-state index in [1.54, 1.807) is 0 Å². The fourth-order valence-corrected chi connectivity index (χ4v) is 2.69. The van der Waals surface area contributed by atoms with Crippen molar-refractivity contribution in [2.24, 2.45) is 5.92 Å². The van der Waals surface area contributed by atoms with E-state index in [0.717, 1.165) is 11.0 Å². The normalized spacial score (nSPS) is 12.9. The van der Waals surface area contributed by atoms with Crippen LogP contribution in [-0.4, -0.2) is 11.6 Å². The molecule has 1 heterocycles. The minimum atomic E-state index is 0.422. The van der Waals surface area contributed by atoms with E-state index < -0.39 is 0 Å². The maximum Gasteiger partial charge on any atom is 0.0470 e. The van der Waals surface area contributed by atoms with Crippen molar-refractivity contribution in [3.63, 3.8) is 0 Å². The maximum atomic E-state index is 3.46. The molecule has 0 amide bonds. The van der Waals surface area contributed by atoms with Crippen molar-refractivity contribution in [2.75, 3.05) is 7.05 Å². The van der Waals surface area contributed by atoms with E-state index in [2.05, 4.69) is 82.4 Å². The highest BCUT2D eigenvalue weighted by Gasteiger charge is 2.14. The molecule has 102 valence electrons. The van der Waals surface area contributed by atoms with Crippen molar-refractivity contribution in [3.8, 4) is 0 Å². The molecule has 1 atom stereocenters. The lowest BCUT2D eigenvalue weighted by Crippen LogP contribution is -2.21.